The Morgan fingerprint density at radius 1 is 1.15 bits per heavy atom. The summed E-state index contributed by atoms with van der Waals surface area (Å²) >= 11 is 2.98. The van der Waals surface area contributed by atoms with E-state index < -0.39 is 0 Å². The molecule has 6 nitrogen and oxygen atoms in total. The number of carbonyl (C=O) groups excluding carboxylic acids is 1. The number of hydrogen-bond acceptors (Lipinski definition) is 6. The summed E-state index contributed by atoms with van der Waals surface area (Å²) in [7, 11) is 1.65. The minimum absolute atomic E-state index is 0.00560. The number of methoxy groups -OCH3 is 1. The van der Waals surface area contributed by atoms with Crippen LogP contribution in [0.3, 0.4) is 0 Å². The normalized spacial score (nSPS) is 15.1. The Balaban J connectivity index is 1.38. The van der Waals surface area contributed by atoms with Crippen LogP contribution in [-0.4, -0.2) is 33.5 Å². The van der Waals surface area contributed by atoms with Gasteiger partial charge in [0.15, 0.2) is 11.0 Å². The minimum Gasteiger partial charge on any atom is -0.495 e. The van der Waals surface area contributed by atoms with Crippen LogP contribution >= 0.6 is 23.1 Å². The number of nitrogens with one attached hydrogen (secondary N) is 1. The number of ether oxygens (including phenoxy) is 1. The fourth-order valence-corrected chi connectivity index (χ4v) is 5.68. The molecule has 8 heteroatoms. The van der Waals surface area contributed by atoms with Crippen LogP contribution in [0.2, 0.25) is 0 Å². The Bertz CT molecular complexity index is 1250. The highest BCUT2D eigenvalue weighted by atomic mass is 32.2. The SMILES string of the molecule is COc1ccccc1-n1c(SCC(=O)N[C@H]2CCCc3ccccc32)nnc1-c1cccs1. The number of carbonyl (C=O) groups is 1. The first-order valence-corrected chi connectivity index (χ1v) is 12.7. The van der Waals surface area contributed by atoms with Crippen molar-refractivity contribution < 1.29 is 9.53 Å². The lowest BCUT2D eigenvalue weighted by Crippen LogP contribution is -2.32. The lowest BCUT2D eigenvalue weighted by molar-refractivity contribution is -0.119. The molecule has 4 aromatic rings. The predicted octanol–water partition coefficient (Wildman–Crippen LogP) is 5.29. The lowest BCUT2D eigenvalue weighted by Gasteiger charge is -2.26. The van der Waals surface area contributed by atoms with Crippen molar-refractivity contribution in [3.05, 3.63) is 77.2 Å². The number of benzene rings is 2. The van der Waals surface area contributed by atoms with Crippen molar-refractivity contribution >= 4 is 29.0 Å². The maximum atomic E-state index is 12.9. The van der Waals surface area contributed by atoms with Gasteiger partial charge in [0.1, 0.15) is 5.75 Å². The molecule has 1 atom stereocenters. The fraction of sp³-hybridized carbons (Fsp3) is 0.240. The van der Waals surface area contributed by atoms with Gasteiger partial charge in [-0.05, 0) is 54.0 Å². The van der Waals surface area contributed by atoms with E-state index in [-0.39, 0.29) is 17.7 Å². The average molecular weight is 477 g/mol. The molecule has 0 spiro atoms. The van der Waals surface area contributed by atoms with Crippen LogP contribution in [-0.2, 0) is 11.2 Å². The van der Waals surface area contributed by atoms with Gasteiger partial charge in [0.25, 0.3) is 0 Å². The van der Waals surface area contributed by atoms with Crippen LogP contribution in [0.25, 0.3) is 16.4 Å². The highest BCUT2D eigenvalue weighted by Crippen LogP contribution is 2.34. The van der Waals surface area contributed by atoms with E-state index in [1.165, 1.54) is 22.9 Å². The van der Waals surface area contributed by atoms with Crippen molar-refractivity contribution in [3.8, 4) is 22.1 Å². The van der Waals surface area contributed by atoms with Crippen molar-refractivity contribution in [2.45, 2.75) is 30.5 Å². The number of amides is 1. The molecule has 0 fully saturated rings. The van der Waals surface area contributed by atoms with Crippen molar-refractivity contribution in [2.75, 3.05) is 12.9 Å². The quantitative estimate of drug-likeness (QED) is 0.367. The maximum Gasteiger partial charge on any atom is 0.230 e. The number of thiophene rings is 1. The zero-order chi connectivity index (χ0) is 22.6. The summed E-state index contributed by atoms with van der Waals surface area (Å²) in [6.07, 6.45) is 3.12. The van der Waals surface area contributed by atoms with Crippen LogP contribution in [0.1, 0.15) is 30.0 Å². The second-order valence-corrected chi connectivity index (χ2v) is 9.68. The molecule has 0 radical (unpaired) electrons. The minimum atomic E-state index is -0.00560. The van der Waals surface area contributed by atoms with E-state index in [9.17, 15) is 4.79 Å². The number of aryl methyl sites for hydroxylation is 1. The molecular formula is C25H24N4O2S2. The predicted molar refractivity (Wildman–Crippen MR) is 132 cm³/mol. The zero-order valence-corrected chi connectivity index (χ0v) is 19.9. The molecule has 168 valence electrons. The van der Waals surface area contributed by atoms with Crippen LogP contribution in [0, 0.1) is 0 Å². The first-order valence-electron chi connectivity index (χ1n) is 10.9. The van der Waals surface area contributed by atoms with Gasteiger partial charge < -0.3 is 10.1 Å². The summed E-state index contributed by atoms with van der Waals surface area (Å²) < 4.78 is 7.57. The number of fused-ring (bicyclic) bond motifs is 1. The van der Waals surface area contributed by atoms with E-state index in [4.69, 9.17) is 4.74 Å². The second kappa shape index (κ2) is 9.80. The molecule has 2 aromatic carbocycles. The summed E-state index contributed by atoms with van der Waals surface area (Å²) in [4.78, 5) is 13.9. The number of hydrogen-bond donors (Lipinski definition) is 1. The van der Waals surface area contributed by atoms with E-state index in [0.29, 0.717) is 5.16 Å². The van der Waals surface area contributed by atoms with E-state index in [1.54, 1.807) is 18.4 Å². The highest BCUT2D eigenvalue weighted by Gasteiger charge is 2.23. The van der Waals surface area contributed by atoms with Gasteiger partial charge in [0, 0.05) is 0 Å². The summed E-state index contributed by atoms with van der Waals surface area (Å²) in [6.45, 7) is 0. The molecule has 1 amide bonds. The molecule has 2 heterocycles. The van der Waals surface area contributed by atoms with Gasteiger partial charge in [-0.3, -0.25) is 9.36 Å². The molecule has 33 heavy (non-hydrogen) atoms. The third kappa shape index (κ3) is 4.54. The third-order valence-corrected chi connectivity index (χ3v) is 7.53. The van der Waals surface area contributed by atoms with Crippen molar-refractivity contribution in [1.29, 1.82) is 0 Å². The molecule has 0 bridgehead atoms. The molecule has 0 saturated carbocycles. The molecule has 1 aliphatic rings. The van der Waals surface area contributed by atoms with E-state index >= 15 is 0 Å². The first-order chi connectivity index (χ1) is 16.2. The van der Waals surface area contributed by atoms with E-state index in [2.05, 4.69) is 33.7 Å². The Labute approximate surface area is 201 Å². The van der Waals surface area contributed by atoms with Crippen LogP contribution in [0.15, 0.2) is 71.2 Å². The topological polar surface area (TPSA) is 69.0 Å². The molecule has 0 aliphatic heterocycles. The van der Waals surface area contributed by atoms with Crippen molar-refractivity contribution in [3.63, 3.8) is 0 Å². The van der Waals surface area contributed by atoms with Crippen molar-refractivity contribution in [2.24, 2.45) is 0 Å². The fourth-order valence-electron chi connectivity index (χ4n) is 4.23. The second-order valence-electron chi connectivity index (χ2n) is 7.79. The summed E-state index contributed by atoms with van der Waals surface area (Å²) in [6, 6.07) is 20.2. The lowest BCUT2D eigenvalue weighted by atomic mass is 9.88. The molecule has 1 N–H and O–H groups in total. The van der Waals surface area contributed by atoms with E-state index in [0.717, 1.165) is 41.4 Å². The highest BCUT2D eigenvalue weighted by molar-refractivity contribution is 7.99. The average Bonchev–Trinajstić information content (AvgIpc) is 3.53. The number of aromatic nitrogens is 3. The van der Waals surface area contributed by atoms with Gasteiger partial charge >= 0.3 is 0 Å². The largest absolute Gasteiger partial charge is 0.495 e. The Morgan fingerprint density at radius 2 is 2.00 bits per heavy atom. The third-order valence-electron chi connectivity index (χ3n) is 5.74. The number of rotatable bonds is 7. The molecule has 5 rings (SSSR count). The molecule has 2 aromatic heterocycles. The molecule has 1 aliphatic carbocycles. The van der Waals surface area contributed by atoms with Gasteiger partial charge in [-0.15, -0.1) is 21.5 Å². The summed E-state index contributed by atoms with van der Waals surface area (Å²) in [5.41, 5.74) is 3.41. The zero-order valence-electron chi connectivity index (χ0n) is 18.2. The summed E-state index contributed by atoms with van der Waals surface area (Å²) in [5, 5.41) is 14.8. The van der Waals surface area contributed by atoms with Gasteiger partial charge in [-0.1, -0.05) is 54.2 Å². The summed E-state index contributed by atoms with van der Waals surface area (Å²) in [5.74, 6) is 1.71. The van der Waals surface area contributed by atoms with Gasteiger partial charge in [0.05, 0.1) is 29.5 Å². The first kappa shape index (κ1) is 21.7. The van der Waals surface area contributed by atoms with Crippen LogP contribution < -0.4 is 10.1 Å². The van der Waals surface area contributed by atoms with E-state index in [1.807, 2.05) is 52.4 Å². The maximum absolute atomic E-state index is 12.9. The molecule has 0 saturated heterocycles. The van der Waals surface area contributed by atoms with Gasteiger partial charge in [-0.25, -0.2) is 0 Å². The Kier molecular flexibility index (Phi) is 6.46. The number of thioether (sulfide) groups is 1. The van der Waals surface area contributed by atoms with Crippen LogP contribution in [0.5, 0.6) is 5.75 Å². The standard InChI is InChI=1S/C25H24N4O2S2/c1-31-21-13-5-4-12-20(21)29-24(22-14-7-15-32-22)27-28-25(29)33-16-23(30)26-19-11-6-9-17-8-2-3-10-18(17)19/h2-5,7-8,10,12-15,19H,6,9,11,16H2,1H3,(H,26,30)/t19-/m0/s1. The Morgan fingerprint density at radius 3 is 2.85 bits per heavy atom. The van der Waals surface area contributed by atoms with Crippen molar-refractivity contribution in [1.82, 2.24) is 20.1 Å². The molecular weight excluding hydrogens is 452 g/mol. The van der Waals surface area contributed by atoms with Gasteiger partial charge in [-0.2, -0.15) is 0 Å². The number of para-hydroxylation sites is 2. The monoisotopic (exact) mass is 476 g/mol. The smallest absolute Gasteiger partial charge is 0.230 e. The van der Waals surface area contributed by atoms with Crippen LogP contribution in [0.4, 0.5) is 0 Å². The van der Waals surface area contributed by atoms with Gasteiger partial charge in [0.2, 0.25) is 5.91 Å². The molecule has 0 unspecified atom stereocenters. The number of nitrogens with zero attached hydrogens (tertiary/aromatic N) is 3. The Hall–Kier alpha value is -3.10.